The van der Waals surface area contributed by atoms with Gasteiger partial charge in [0.05, 0.1) is 6.61 Å². The molecule has 0 spiro atoms. The second kappa shape index (κ2) is 7.01. The fraction of sp³-hybridized carbons (Fsp3) is 0.500. The quantitative estimate of drug-likeness (QED) is 0.787. The van der Waals surface area contributed by atoms with Gasteiger partial charge in [0.1, 0.15) is 5.75 Å². The van der Waals surface area contributed by atoms with Gasteiger partial charge in [0, 0.05) is 12.5 Å². The van der Waals surface area contributed by atoms with Crippen molar-refractivity contribution >= 4 is 5.97 Å². The van der Waals surface area contributed by atoms with E-state index in [1.807, 2.05) is 38.1 Å². The Hall–Kier alpha value is -1.55. The molecule has 0 amide bonds. The molecule has 4 nitrogen and oxygen atoms in total. The van der Waals surface area contributed by atoms with Crippen LogP contribution in [0, 0.1) is 5.92 Å². The van der Waals surface area contributed by atoms with Crippen molar-refractivity contribution in [1.82, 2.24) is 0 Å². The molecule has 0 radical (unpaired) electrons. The zero-order valence-corrected chi connectivity index (χ0v) is 11.2. The first-order valence-corrected chi connectivity index (χ1v) is 6.20. The van der Waals surface area contributed by atoms with E-state index in [0.29, 0.717) is 18.9 Å². The first kappa shape index (κ1) is 14.5. The summed E-state index contributed by atoms with van der Waals surface area (Å²) in [6.45, 7) is 6.49. The number of rotatable bonds is 6. The lowest BCUT2D eigenvalue weighted by atomic mass is 10.1. The summed E-state index contributed by atoms with van der Waals surface area (Å²) in [5, 5.41) is 0. The van der Waals surface area contributed by atoms with E-state index in [-0.39, 0.29) is 11.9 Å². The van der Waals surface area contributed by atoms with Gasteiger partial charge in [-0.05, 0) is 24.6 Å². The maximum absolute atomic E-state index is 11.7. The van der Waals surface area contributed by atoms with Crippen LogP contribution in [0.25, 0.3) is 0 Å². The number of carbonyl (C=O) groups is 1. The molecule has 2 N–H and O–H groups in total. The molecule has 0 unspecified atom stereocenters. The summed E-state index contributed by atoms with van der Waals surface area (Å²) >= 11 is 0. The molecule has 0 heterocycles. The molecule has 0 fully saturated rings. The third kappa shape index (κ3) is 4.04. The number of ether oxygens (including phenoxy) is 2. The predicted octanol–water partition coefficient (Wildman–Crippen LogP) is 2.11. The van der Waals surface area contributed by atoms with E-state index in [1.54, 1.807) is 6.92 Å². The molecule has 0 bridgehead atoms. The number of hydrogen-bond acceptors (Lipinski definition) is 4. The topological polar surface area (TPSA) is 61.5 Å². The molecule has 0 aromatic heterocycles. The molecular weight excluding hydrogens is 230 g/mol. The summed E-state index contributed by atoms with van der Waals surface area (Å²) < 4.78 is 10.7. The van der Waals surface area contributed by atoms with E-state index in [0.717, 1.165) is 5.56 Å². The SMILES string of the molecule is CCOC(=O)[C@H](Oc1ccc(CN)cc1)C(C)C. The Morgan fingerprint density at radius 2 is 1.89 bits per heavy atom. The maximum Gasteiger partial charge on any atom is 0.347 e. The monoisotopic (exact) mass is 251 g/mol. The second-order valence-electron chi connectivity index (χ2n) is 4.38. The van der Waals surface area contributed by atoms with Gasteiger partial charge in [-0.25, -0.2) is 4.79 Å². The minimum atomic E-state index is -0.575. The van der Waals surface area contributed by atoms with Crippen LogP contribution < -0.4 is 10.5 Å². The van der Waals surface area contributed by atoms with Crippen molar-refractivity contribution in [2.75, 3.05) is 6.61 Å². The first-order valence-electron chi connectivity index (χ1n) is 6.20. The molecule has 0 saturated heterocycles. The summed E-state index contributed by atoms with van der Waals surface area (Å²) in [5.41, 5.74) is 6.55. The van der Waals surface area contributed by atoms with Gasteiger partial charge in [0.25, 0.3) is 0 Å². The molecule has 1 rings (SSSR count). The Morgan fingerprint density at radius 3 is 2.33 bits per heavy atom. The summed E-state index contributed by atoms with van der Waals surface area (Å²) in [4.78, 5) is 11.7. The normalized spacial score (nSPS) is 12.3. The zero-order chi connectivity index (χ0) is 13.5. The lowest BCUT2D eigenvalue weighted by molar-refractivity contribution is -0.153. The van der Waals surface area contributed by atoms with Gasteiger partial charge in [-0.15, -0.1) is 0 Å². The number of nitrogens with two attached hydrogens (primary N) is 1. The summed E-state index contributed by atoms with van der Waals surface area (Å²) in [7, 11) is 0. The van der Waals surface area contributed by atoms with Gasteiger partial charge in [0.2, 0.25) is 0 Å². The van der Waals surface area contributed by atoms with Crippen LogP contribution in [0.1, 0.15) is 26.3 Å². The zero-order valence-electron chi connectivity index (χ0n) is 11.2. The van der Waals surface area contributed by atoms with E-state index >= 15 is 0 Å². The molecule has 0 saturated carbocycles. The maximum atomic E-state index is 11.7. The van der Waals surface area contributed by atoms with Crippen LogP contribution >= 0.6 is 0 Å². The average molecular weight is 251 g/mol. The lowest BCUT2D eigenvalue weighted by Gasteiger charge is -2.20. The van der Waals surface area contributed by atoms with Crippen molar-refractivity contribution in [1.29, 1.82) is 0 Å². The number of hydrogen-bond donors (Lipinski definition) is 1. The highest BCUT2D eigenvalue weighted by Crippen LogP contribution is 2.17. The fourth-order valence-corrected chi connectivity index (χ4v) is 1.53. The van der Waals surface area contributed by atoms with Gasteiger partial charge in [-0.2, -0.15) is 0 Å². The number of esters is 1. The van der Waals surface area contributed by atoms with E-state index < -0.39 is 6.10 Å². The smallest absolute Gasteiger partial charge is 0.347 e. The van der Waals surface area contributed by atoms with Crippen molar-refractivity contribution in [2.45, 2.75) is 33.4 Å². The van der Waals surface area contributed by atoms with Crippen molar-refractivity contribution in [3.8, 4) is 5.75 Å². The highest BCUT2D eigenvalue weighted by Gasteiger charge is 2.25. The number of carbonyl (C=O) groups excluding carboxylic acids is 1. The van der Waals surface area contributed by atoms with Crippen molar-refractivity contribution in [2.24, 2.45) is 11.7 Å². The molecule has 100 valence electrons. The van der Waals surface area contributed by atoms with Crippen LogP contribution in [0.5, 0.6) is 5.75 Å². The first-order chi connectivity index (χ1) is 8.58. The van der Waals surface area contributed by atoms with Gasteiger partial charge in [0.15, 0.2) is 6.10 Å². The van der Waals surface area contributed by atoms with Crippen LogP contribution in [-0.4, -0.2) is 18.7 Å². The Bertz CT molecular complexity index is 373. The fourth-order valence-electron chi connectivity index (χ4n) is 1.53. The van der Waals surface area contributed by atoms with Crippen molar-refractivity contribution in [3.63, 3.8) is 0 Å². The highest BCUT2D eigenvalue weighted by atomic mass is 16.6. The molecule has 1 aromatic rings. The molecular formula is C14H21NO3. The molecule has 0 aliphatic heterocycles. The second-order valence-corrected chi connectivity index (χ2v) is 4.38. The van der Waals surface area contributed by atoms with E-state index in [2.05, 4.69) is 0 Å². The lowest BCUT2D eigenvalue weighted by Crippen LogP contribution is -2.34. The van der Waals surface area contributed by atoms with Gasteiger partial charge in [-0.3, -0.25) is 0 Å². The third-order valence-electron chi connectivity index (χ3n) is 2.55. The predicted molar refractivity (Wildman–Crippen MR) is 70.2 cm³/mol. The Balaban J connectivity index is 2.73. The van der Waals surface area contributed by atoms with Crippen LogP contribution in [0.4, 0.5) is 0 Å². The van der Waals surface area contributed by atoms with Crippen molar-refractivity contribution < 1.29 is 14.3 Å². The molecule has 0 aliphatic carbocycles. The van der Waals surface area contributed by atoms with Gasteiger partial charge < -0.3 is 15.2 Å². The minimum Gasteiger partial charge on any atom is -0.478 e. The van der Waals surface area contributed by atoms with Crippen molar-refractivity contribution in [3.05, 3.63) is 29.8 Å². The van der Waals surface area contributed by atoms with Gasteiger partial charge in [-0.1, -0.05) is 26.0 Å². The Kier molecular flexibility index (Phi) is 5.65. The molecule has 18 heavy (non-hydrogen) atoms. The molecule has 1 aromatic carbocycles. The van der Waals surface area contributed by atoms with E-state index in [4.69, 9.17) is 15.2 Å². The van der Waals surface area contributed by atoms with Gasteiger partial charge >= 0.3 is 5.97 Å². The van der Waals surface area contributed by atoms with Crippen LogP contribution in [0.2, 0.25) is 0 Å². The largest absolute Gasteiger partial charge is 0.478 e. The van der Waals surface area contributed by atoms with Crippen LogP contribution in [0.3, 0.4) is 0 Å². The summed E-state index contributed by atoms with van der Waals surface area (Å²) in [6.07, 6.45) is -0.575. The Morgan fingerprint density at radius 1 is 1.28 bits per heavy atom. The third-order valence-corrected chi connectivity index (χ3v) is 2.55. The number of benzene rings is 1. The molecule has 0 aliphatic rings. The Labute approximate surface area is 108 Å². The molecule has 1 atom stereocenters. The minimum absolute atomic E-state index is 0.0539. The average Bonchev–Trinajstić information content (AvgIpc) is 2.36. The molecule has 4 heteroatoms. The highest BCUT2D eigenvalue weighted by molar-refractivity contribution is 5.75. The summed E-state index contributed by atoms with van der Waals surface area (Å²) in [5.74, 6) is 0.382. The van der Waals surface area contributed by atoms with Crippen LogP contribution in [-0.2, 0) is 16.1 Å². The van der Waals surface area contributed by atoms with E-state index in [9.17, 15) is 4.79 Å². The summed E-state index contributed by atoms with van der Waals surface area (Å²) in [6, 6.07) is 7.41. The standard InChI is InChI=1S/C14H21NO3/c1-4-17-14(16)13(10(2)3)18-12-7-5-11(9-15)6-8-12/h5-8,10,13H,4,9,15H2,1-3H3/t13-/m1/s1. The van der Waals surface area contributed by atoms with Crippen LogP contribution in [0.15, 0.2) is 24.3 Å². The van der Waals surface area contributed by atoms with E-state index in [1.165, 1.54) is 0 Å².